The van der Waals surface area contributed by atoms with Crippen LogP contribution in [-0.4, -0.2) is 7.05 Å². The van der Waals surface area contributed by atoms with Gasteiger partial charge in [0.1, 0.15) is 0 Å². The first-order chi connectivity index (χ1) is 9.51. The molecule has 0 heterocycles. The molecule has 20 heavy (non-hydrogen) atoms. The Kier molecular flexibility index (Phi) is 4.71. The van der Waals surface area contributed by atoms with E-state index in [1.54, 1.807) is 0 Å². The van der Waals surface area contributed by atoms with Crippen molar-refractivity contribution >= 4 is 27.3 Å². The quantitative estimate of drug-likeness (QED) is 0.833. The lowest BCUT2D eigenvalue weighted by atomic mass is 10.1. The fraction of sp³-hybridized carbons (Fsp3) is 0.294. The molecule has 0 unspecified atom stereocenters. The average molecular weight is 333 g/mol. The highest BCUT2D eigenvalue weighted by atomic mass is 79.9. The van der Waals surface area contributed by atoms with Crippen molar-refractivity contribution in [2.75, 3.05) is 17.7 Å². The molecule has 0 aliphatic carbocycles. The molecule has 0 saturated heterocycles. The lowest BCUT2D eigenvalue weighted by molar-refractivity contribution is 0.917. The summed E-state index contributed by atoms with van der Waals surface area (Å²) in [6, 6.07) is 12.9. The van der Waals surface area contributed by atoms with Crippen molar-refractivity contribution in [1.29, 1.82) is 0 Å². The molecule has 0 radical (unpaired) electrons. The molecule has 2 rings (SSSR count). The second kappa shape index (κ2) is 6.31. The Morgan fingerprint density at radius 2 is 1.70 bits per heavy atom. The Balaban J connectivity index is 2.18. The van der Waals surface area contributed by atoms with Crippen molar-refractivity contribution < 1.29 is 0 Å². The van der Waals surface area contributed by atoms with Gasteiger partial charge in [0, 0.05) is 23.8 Å². The van der Waals surface area contributed by atoms with Crippen LogP contribution in [0.5, 0.6) is 0 Å². The molecule has 0 fully saturated rings. The number of rotatable bonds is 4. The van der Waals surface area contributed by atoms with Gasteiger partial charge in [0.15, 0.2) is 0 Å². The van der Waals surface area contributed by atoms with Crippen molar-refractivity contribution in [1.82, 2.24) is 0 Å². The maximum atomic E-state index is 5.93. The van der Waals surface area contributed by atoms with E-state index in [9.17, 15) is 0 Å². The van der Waals surface area contributed by atoms with Crippen molar-refractivity contribution in [3.05, 3.63) is 57.6 Å². The number of hydrogen-bond acceptors (Lipinski definition) is 2. The molecule has 106 valence electrons. The van der Waals surface area contributed by atoms with Gasteiger partial charge >= 0.3 is 0 Å². The van der Waals surface area contributed by atoms with Gasteiger partial charge in [-0.05, 0) is 58.1 Å². The first kappa shape index (κ1) is 14.9. The zero-order valence-electron chi connectivity index (χ0n) is 12.3. The van der Waals surface area contributed by atoms with Crippen LogP contribution in [0.4, 0.5) is 11.4 Å². The fourth-order valence-electron chi connectivity index (χ4n) is 2.21. The normalized spacial score (nSPS) is 10.6. The number of nitrogen functional groups attached to an aromatic ring is 1. The molecule has 0 atom stereocenters. The number of nitrogens with zero attached hydrogens (tertiary/aromatic N) is 1. The Labute approximate surface area is 129 Å². The minimum Gasteiger partial charge on any atom is -0.398 e. The maximum absolute atomic E-state index is 5.93. The largest absolute Gasteiger partial charge is 0.398 e. The summed E-state index contributed by atoms with van der Waals surface area (Å²) in [4.78, 5) is 2.23. The second-order valence-corrected chi connectivity index (χ2v) is 6.04. The highest BCUT2D eigenvalue weighted by Gasteiger charge is 2.09. The molecule has 0 aliphatic rings. The van der Waals surface area contributed by atoms with Crippen molar-refractivity contribution in [2.24, 2.45) is 0 Å². The summed E-state index contributed by atoms with van der Waals surface area (Å²) >= 11 is 3.60. The van der Waals surface area contributed by atoms with Crippen molar-refractivity contribution in [2.45, 2.75) is 26.8 Å². The van der Waals surface area contributed by atoms with Crippen LogP contribution in [0.2, 0.25) is 0 Å². The Hall–Kier alpha value is -1.48. The van der Waals surface area contributed by atoms with Gasteiger partial charge in [-0.15, -0.1) is 0 Å². The highest BCUT2D eigenvalue weighted by molar-refractivity contribution is 9.10. The molecule has 2 aromatic rings. The summed E-state index contributed by atoms with van der Waals surface area (Å²) in [6.07, 6.45) is 1.08. The molecule has 2 N–H and O–H groups in total. The van der Waals surface area contributed by atoms with E-state index in [-0.39, 0.29) is 0 Å². The lowest BCUT2D eigenvalue weighted by Gasteiger charge is -2.22. The van der Waals surface area contributed by atoms with Crippen LogP contribution in [0.15, 0.2) is 40.9 Å². The van der Waals surface area contributed by atoms with Crippen LogP contribution in [0.1, 0.15) is 23.6 Å². The zero-order chi connectivity index (χ0) is 14.7. The van der Waals surface area contributed by atoms with Gasteiger partial charge < -0.3 is 10.6 Å². The van der Waals surface area contributed by atoms with Gasteiger partial charge in [0.25, 0.3) is 0 Å². The summed E-state index contributed by atoms with van der Waals surface area (Å²) in [7, 11) is 2.10. The Morgan fingerprint density at radius 1 is 1.10 bits per heavy atom. The molecule has 3 heteroatoms. The van der Waals surface area contributed by atoms with E-state index in [0.717, 1.165) is 34.4 Å². The molecular formula is C17H21BrN2. The van der Waals surface area contributed by atoms with Gasteiger partial charge in [-0.25, -0.2) is 0 Å². The summed E-state index contributed by atoms with van der Waals surface area (Å²) in [5.41, 5.74) is 11.7. The number of hydrogen-bond donors (Lipinski definition) is 1. The van der Waals surface area contributed by atoms with Gasteiger partial charge in [-0.1, -0.05) is 31.2 Å². The SMILES string of the molecule is CCc1ccc(CN(C)c2cc(C)c(N)cc2Br)cc1. The molecule has 2 nitrogen and oxygen atoms in total. The predicted molar refractivity (Wildman–Crippen MR) is 91.2 cm³/mol. The van der Waals surface area contributed by atoms with Gasteiger partial charge in [-0.2, -0.15) is 0 Å². The molecule has 2 aromatic carbocycles. The van der Waals surface area contributed by atoms with E-state index in [1.165, 1.54) is 11.1 Å². The third-order valence-corrected chi connectivity index (χ3v) is 4.23. The fourth-order valence-corrected chi connectivity index (χ4v) is 2.88. The lowest BCUT2D eigenvalue weighted by Crippen LogP contribution is -2.17. The third-order valence-electron chi connectivity index (χ3n) is 3.60. The van der Waals surface area contributed by atoms with E-state index in [4.69, 9.17) is 5.73 Å². The third kappa shape index (κ3) is 3.34. The van der Waals surface area contributed by atoms with E-state index in [2.05, 4.69) is 65.1 Å². The van der Waals surface area contributed by atoms with Crippen molar-refractivity contribution in [3.63, 3.8) is 0 Å². The van der Waals surface area contributed by atoms with E-state index < -0.39 is 0 Å². The Bertz CT molecular complexity index is 591. The van der Waals surface area contributed by atoms with Crippen molar-refractivity contribution in [3.8, 4) is 0 Å². The molecular weight excluding hydrogens is 312 g/mol. The van der Waals surface area contributed by atoms with Gasteiger partial charge in [0.2, 0.25) is 0 Å². The van der Waals surface area contributed by atoms with Crippen LogP contribution >= 0.6 is 15.9 Å². The molecule has 0 spiro atoms. The molecule has 0 bridgehead atoms. The van der Waals surface area contributed by atoms with Crippen LogP contribution in [0.25, 0.3) is 0 Å². The summed E-state index contributed by atoms with van der Waals surface area (Å²) in [6.45, 7) is 5.09. The first-order valence-corrected chi connectivity index (χ1v) is 7.65. The average Bonchev–Trinajstić information content (AvgIpc) is 2.43. The number of halogens is 1. The van der Waals surface area contributed by atoms with E-state index in [0.29, 0.717) is 0 Å². The van der Waals surface area contributed by atoms with Gasteiger partial charge in [-0.3, -0.25) is 0 Å². The minimum absolute atomic E-state index is 0.821. The van der Waals surface area contributed by atoms with Gasteiger partial charge in [0.05, 0.1) is 5.69 Å². The predicted octanol–water partition coefficient (Wildman–Crippen LogP) is 4.54. The van der Waals surface area contributed by atoms with Crippen LogP contribution in [0, 0.1) is 6.92 Å². The first-order valence-electron chi connectivity index (χ1n) is 6.85. The summed E-state index contributed by atoms with van der Waals surface area (Å²) in [5, 5.41) is 0. The number of nitrogens with two attached hydrogens (primary N) is 1. The number of aryl methyl sites for hydroxylation is 2. The molecule has 0 saturated carbocycles. The monoisotopic (exact) mass is 332 g/mol. The number of anilines is 2. The highest BCUT2D eigenvalue weighted by Crippen LogP contribution is 2.31. The van der Waals surface area contributed by atoms with Crippen LogP contribution < -0.4 is 10.6 Å². The van der Waals surface area contributed by atoms with Crippen LogP contribution in [0.3, 0.4) is 0 Å². The summed E-state index contributed by atoms with van der Waals surface area (Å²) in [5.74, 6) is 0. The second-order valence-electron chi connectivity index (χ2n) is 5.19. The smallest absolute Gasteiger partial charge is 0.0515 e. The maximum Gasteiger partial charge on any atom is 0.0515 e. The van der Waals surface area contributed by atoms with E-state index >= 15 is 0 Å². The minimum atomic E-state index is 0.821. The molecule has 0 aromatic heterocycles. The Morgan fingerprint density at radius 3 is 2.30 bits per heavy atom. The summed E-state index contributed by atoms with van der Waals surface area (Å²) < 4.78 is 1.04. The zero-order valence-corrected chi connectivity index (χ0v) is 13.9. The molecule has 0 amide bonds. The standard InChI is InChI=1S/C17H21BrN2/c1-4-13-5-7-14(8-6-13)11-20(3)17-9-12(2)16(19)10-15(17)18/h5-10H,4,11,19H2,1-3H3. The van der Waals surface area contributed by atoms with E-state index in [1.807, 2.05) is 13.0 Å². The molecule has 0 aliphatic heterocycles. The van der Waals surface area contributed by atoms with Crippen LogP contribution in [-0.2, 0) is 13.0 Å². The topological polar surface area (TPSA) is 29.3 Å². The number of benzene rings is 2.